The lowest BCUT2D eigenvalue weighted by atomic mass is 10.3. The lowest BCUT2D eigenvalue weighted by molar-refractivity contribution is 0.0301. The largest absolute Gasteiger partial charge is 0.480 e. The summed E-state index contributed by atoms with van der Waals surface area (Å²) < 4.78 is 15.7. The summed E-state index contributed by atoms with van der Waals surface area (Å²) in [5.74, 6) is 0.0658. The zero-order valence-corrected chi connectivity index (χ0v) is 9.81. The summed E-state index contributed by atoms with van der Waals surface area (Å²) in [4.78, 5) is 4.29. The molecule has 92 valence electrons. The fourth-order valence-electron chi connectivity index (χ4n) is 1.64. The minimum absolute atomic E-state index is 0.0658. The number of aromatic nitrogens is 1. The molecule has 0 amide bonds. The molecule has 0 spiro atoms. The molecular weight excluding hydrogens is 220 g/mol. The number of rotatable bonds is 4. The molecule has 1 unspecified atom stereocenters. The summed E-state index contributed by atoms with van der Waals surface area (Å²) in [5, 5.41) is 7.53. The molecule has 0 aromatic carbocycles. The van der Waals surface area contributed by atoms with Crippen molar-refractivity contribution in [3.63, 3.8) is 0 Å². The van der Waals surface area contributed by atoms with Crippen LogP contribution >= 0.6 is 0 Å². The normalized spacial score (nSPS) is 19.2. The Morgan fingerprint density at radius 1 is 1.59 bits per heavy atom. The number of nitrogens with one attached hydrogen (secondary N) is 1. The third-order valence-electron chi connectivity index (χ3n) is 2.60. The Kier molecular flexibility index (Phi) is 4.06. The molecule has 1 atom stereocenters. The minimum Gasteiger partial charge on any atom is -0.480 e. The maximum atomic E-state index is 7.53. The van der Waals surface area contributed by atoms with E-state index in [9.17, 15) is 0 Å². The number of nitrogens with zero attached hydrogens (tertiary/aromatic N) is 1. The number of hydrogen-bond acceptors (Lipinski definition) is 5. The number of ether oxygens (including phenoxy) is 3. The molecule has 1 saturated heterocycles. The Hall–Kier alpha value is -1.46. The highest BCUT2D eigenvalue weighted by molar-refractivity contribution is 5.89. The van der Waals surface area contributed by atoms with E-state index in [1.165, 1.54) is 7.11 Å². The van der Waals surface area contributed by atoms with Gasteiger partial charge in [0.25, 0.3) is 0 Å². The molecule has 1 aliphatic rings. The highest BCUT2D eigenvalue weighted by Gasteiger charge is 2.16. The van der Waals surface area contributed by atoms with Crippen LogP contribution in [-0.4, -0.2) is 37.3 Å². The van der Waals surface area contributed by atoms with Gasteiger partial charge in [-0.1, -0.05) is 6.07 Å². The lowest BCUT2D eigenvalue weighted by Gasteiger charge is -2.10. The summed E-state index contributed by atoms with van der Waals surface area (Å²) in [5.41, 5.74) is 1.33. The van der Waals surface area contributed by atoms with Crippen molar-refractivity contribution in [2.24, 2.45) is 0 Å². The van der Waals surface area contributed by atoms with Crippen LogP contribution in [0.4, 0.5) is 0 Å². The minimum atomic E-state index is 0.0658. The number of hydrogen-bond donors (Lipinski definition) is 1. The summed E-state index contributed by atoms with van der Waals surface area (Å²) in [6.07, 6.45) is 1.11. The van der Waals surface area contributed by atoms with Crippen molar-refractivity contribution < 1.29 is 14.2 Å². The second-order valence-corrected chi connectivity index (χ2v) is 3.84. The van der Waals surface area contributed by atoms with Gasteiger partial charge in [-0.25, -0.2) is 4.98 Å². The molecule has 0 saturated carbocycles. The topological polar surface area (TPSA) is 64.4 Å². The van der Waals surface area contributed by atoms with Crippen LogP contribution in [0.25, 0.3) is 0 Å². The first kappa shape index (κ1) is 12.0. The molecule has 1 aromatic heterocycles. The van der Waals surface area contributed by atoms with Crippen LogP contribution in [0.15, 0.2) is 18.2 Å². The van der Waals surface area contributed by atoms with Crippen molar-refractivity contribution in [3.8, 4) is 0 Å². The Bertz CT molecular complexity index is 389. The Morgan fingerprint density at radius 2 is 2.47 bits per heavy atom. The molecule has 1 fully saturated rings. The molecular formula is C12H16N2O3. The van der Waals surface area contributed by atoms with Gasteiger partial charge in [0.05, 0.1) is 32.1 Å². The Labute approximate surface area is 100 Å². The van der Waals surface area contributed by atoms with E-state index in [1.54, 1.807) is 6.07 Å². The number of pyridine rings is 1. The van der Waals surface area contributed by atoms with Crippen molar-refractivity contribution in [2.45, 2.75) is 19.1 Å². The Balaban J connectivity index is 1.93. The molecule has 17 heavy (non-hydrogen) atoms. The molecule has 1 N–H and O–H groups in total. The fourth-order valence-corrected chi connectivity index (χ4v) is 1.64. The van der Waals surface area contributed by atoms with E-state index in [1.807, 2.05) is 12.1 Å². The van der Waals surface area contributed by atoms with Crippen LogP contribution in [0.5, 0.6) is 0 Å². The highest BCUT2D eigenvalue weighted by Crippen LogP contribution is 2.11. The highest BCUT2D eigenvalue weighted by atomic mass is 16.5. The molecule has 2 heterocycles. The Morgan fingerprint density at radius 3 is 3.18 bits per heavy atom. The maximum absolute atomic E-state index is 7.53. The van der Waals surface area contributed by atoms with Crippen LogP contribution in [0.2, 0.25) is 0 Å². The first-order valence-corrected chi connectivity index (χ1v) is 5.58. The monoisotopic (exact) mass is 236 g/mol. The van der Waals surface area contributed by atoms with Crippen molar-refractivity contribution in [3.05, 3.63) is 29.6 Å². The van der Waals surface area contributed by atoms with E-state index in [-0.39, 0.29) is 12.0 Å². The van der Waals surface area contributed by atoms with E-state index in [4.69, 9.17) is 19.6 Å². The second-order valence-electron chi connectivity index (χ2n) is 3.84. The van der Waals surface area contributed by atoms with Crippen molar-refractivity contribution >= 4 is 5.90 Å². The van der Waals surface area contributed by atoms with E-state index in [0.717, 1.165) is 18.7 Å². The van der Waals surface area contributed by atoms with Crippen LogP contribution in [0, 0.1) is 5.41 Å². The fraction of sp³-hybridized carbons (Fsp3) is 0.500. The zero-order valence-electron chi connectivity index (χ0n) is 9.81. The van der Waals surface area contributed by atoms with Crippen LogP contribution in [-0.2, 0) is 20.8 Å². The van der Waals surface area contributed by atoms with Crippen LogP contribution < -0.4 is 0 Å². The van der Waals surface area contributed by atoms with Gasteiger partial charge in [-0.15, -0.1) is 0 Å². The maximum Gasteiger partial charge on any atom is 0.232 e. The van der Waals surface area contributed by atoms with Crippen molar-refractivity contribution in [2.75, 3.05) is 20.3 Å². The van der Waals surface area contributed by atoms with Gasteiger partial charge in [-0.3, -0.25) is 5.41 Å². The van der Waals surface area contributed by atoms with Gasteiger partial charge in [-0.05, 0) is 18.6 Å². The van der Waals surface area contributed by atoms with Crippen molar-refractivity contribution in [1.29, 1.82) is 5.41 Å². The van der Waals surface area contributed by atoms with Crippen molar-refractivity contribution in [1.82, 2.24) is 4.98 Å². The van der Waals surface area contributed by atoms with E-state index >= 15 is 0 Å². The van der Waals surface area contributed by atoms with Gasteiger partial charge in [0.1, 0.15) is 5.69 Å². The standard InChI is InChI=1S/C12H16N2O3/c1-15-12(13)11-4-2-3-9(14-11)7-17-10-5-6-16-8-10/h2-4,10,13H,5-8H2,1H3. The SMILES string of the molecule is COC(=N)c1cccc(COC2CCOC2)n1. The molecule has 2 rings (SSSR count). The van der Waals surface area contributed by atoms with Gasteiger partial charge < -0.3 is 14.2 Å². The number of methoxy groups -OCH3 is 1. The van der Waals surface area contributed by atoms with Gasteiger partial charge in [0.15, 0.2) is 0 Å². The van der Waals surface area contributed by atoms with Gasteiger partial charge >= 0.3 is 0 Å². The van der Waals surface area contributed by atoms with Gasteiger partial charge in [0, 0.05) is 6.61 Å². The quantitative estimate of drug-likeness (QED) is 0.633. The third-order valence-corrected chi connectivity index (χ3v) is 2.60. The van der Waals surface area contributed by atoms with E-state index in [2.05, 4.69) is 4.98 Å². The first-order valence-electron chi connectivity index (χ1n) is 5.58. The molecule has 0 bridgehead atoms. The predicted molar refractivity (Wildman–Crippen MR) is 62.1 cm³/mol. The van der Waals surface area contributed by atoms with Gasteiger partial charge in [0.2, 0.25) is 5.90 Å². The summed E-state index contributed by atoms with van der Waals surface area (Å²) >= 11 is 0. The zero-order chi connectivity index (χ0) is 12.1. The molecule has 5 heteroatoms. The smallest absolute Gasteiger partial charge is 0.232 e. The molecule has 5 nitrogen and oxygen atoms in total. The lowest BCUT2D eigenvalue weighted by Crippen LogP contribution is -2.13. The van der Waals surface area contributed by atoms with E-state index < -0.39 is 0 Å². The van der Waals surface area contributed by atoms with Crippen LogP contribution in [0.3, 0.4) is 0 Å². The second kappa shape index (κ2) is 5.75. The molecule has 0 radical (unpaired) electrons. The van der Waals surface area contributed by atoms with Gasteiger partial charge in [-0.2, -0.15) is 0 Å². The summed E-state index contributed by atoms with van der Waals surface area (Å²) in [6.45, 7) is 1.87. The molecule has 0 aliphatic carbocycles. The van der Waals surface area contributed by atoms with E-state index in [0.29, 0.717) is 18.9 Å². The predicted octanol–water partition coefficient (Wildman–Crippen LogP) is 1.36. The first-order chi connectivity index (χ1) is 8.29. The summed E-state index contributed by atoms with van der Waals surface area (Å²) in [6, 6.07) is 5.47. The summed E-state index contributed by atoms with van der Waals surface area (Å²) in [7, 11) is 1.46. The molecule has 1 aromatic rings. The average Bonchev–Trinajstić information content (AvgIpc) is 2.89. The molecule has 1 aliphatic heterocycles. The van der Waals surface area contributed by atoms with Crippen LogP contribution in [0.1, 0.15) is 17.8 Å². The third kappa shape index (κ3) is 3.25. The average molecular weight is 236 g/mol.